The van der Waals surface area contributed by atoms with Crippen molar-refractivity contribution in [3.05, 3.63) is 92.9 Å². The Bertz CT molecular complexity index is 1040. The zero-order valence-electron chi connectivity index (χ0n) is 15.2. The standard InChI is InChI=1S/C23H17BrClNO2/c1-27-22-12-18(10-19(14-26)17-8-5-9-20(25)11-17)21(24)13-23(22)28-15-16-6-3-2-4-7-16/h2-13H,15H2,1H3/b19-10+. The van der Waals surface area contributed by atoms with Crippen LogP contribution in [0.3, 0.4) is 0 Å². The Hall–Kier alpha value is -2.74. The predicted octanol–water partition coefficient (Wildman–Crippen LogP) is 6.75. The molecule has 0 aliphatic rings. The first-order chi connectivity index (χ1) is 13.6. The van der Waals surface area contributed by atoms with Crippen LogP contribution in [0.15, 0.2) is 71.2 Å². The molecule has 140 valence electrons. The average Bonchev–Trinajstić information content (AvgIpc) is 2.72. The van der Waals surface area contributed by atoms with Crippen LogP contribution in [0.1, 0.15) is 16.7 Å². The minimum atomic E-state index is 0.435. The molecule has 28 heavy (non-hydrogen) atoms. The normalized spacial score (nSPS) is 11.0. The van der Waals surface area contributed by atoms with E-state index in [1.807, 2.05) is 54.6 Å². The number of nitrogens with zero attached hydrogens (tertiary/aromatic N) is 1. The van der Waals surface area contributed by atoms with Gasteiger partial charge in [-0.1, -0.05) is 70.0 Å². The molecule has 0 unspecified atom stereocenters. The molecule has 5 heteroatoms. The zero-order chi connectivity index (χ0) is 19.9. The van der Waals surface area contributed by atoms with Crippen molar-refractivity contribution in [2.75, 3.05) is 7.11 Å². The van der Waals surface area contributed by atoms with Crippen molar-refractivity contribution >= 4 is 39.2 Å². The number of hydrogen-bond acceptors (Lipinski definition) is 3. The molecule has 3 aromatic carbocycles. The SMILES string of the molecule is COc1cc(/C=C(\C#N)c2cccc(Cl)c2)c(Br)cc1OCc1ccccc1. The first-order valence-corrected chi connectivity index (χ1v) is 9.70. The summed E-state index contributed by atoms with van der Waals surface area (Å²) in [5.74, 6) is 1.21. The van der Waals surface area contributed by atoms with Gasteiger partial charge >= 0.3 is 0 Å². The van der Waals surface area contributed by atoms with Gasteiger partial charge in [-0.15, -0.1) is 0 Å². The fourth-order valence-corrected chi connectivity index (χ4v) is 3.29. The molecule has 0 aliphatic carbocycles. The van der Waals surface area contributed by atoms with Crippen LogP contribution < -0.4 is 9.47 Å². The van der Waals surface area contributed by atoms with Gasteiger partial charge in [0.25, 0.3) is 0 Å². The summed E-state index contributed by atoms with van der Waals surface area (Å²) in [7, 11) is 1.59. The quantitative estimate of drug-likeness (QED) is 0.305. The van der Waals surface area contributed by atoms with Crippen LogP contribution in [0.25, 0.3) is 11.6 Å². The highest BCUT2D eigenvalue weighted by atomic mass is 79.9. The van der Waals surface area contributed by atoms with Gasteiger partial charge in [0.05, 0.1) is 18.8 Å². The summed E-state index contributed by atoms with van der Waals surface area (Å²) in [6.45, 7) is 0.435. The molecule has 0 saturated heterocycles. The maximum Gasteiger partial charge on any atom is 0.162 e. The van der Waals surface area contributed by atoms with Crippen LogP contribution in [0.2, 0.25) is 5.02 Å². The van der Waals surface area contributed by atoms with E-state index in [0.717, 1.165) is 21.2 Å². The average molecular weight is 455 g/mol. The van der Waals surface area contributed by atoms with Crippen molar-refractivity contribution in [2.24, 2.45) is 0 Å². The third-order valence-electron chi connectivity index (χ3n) is 4.08. The van der Waals surface area contributed by atoms with Gasteiger partial charge in [-0.25, -0.2) is 0 Å². The number of methoxy groups -OCH3 is 1. The van der Waals surface area contributed by atoms with Gasteiger partial charge in [0.15, 0.2) is 11.5 Å². The number of allylic oxidation sites excluding steroid dienone is 1. The molecule has 0 fully saturated rings. The molecular weight excluding hydrogens is 438 g/mol. The molecule has 0 saturated carbocycles. The van der Waals surface area contributed by atoms with E-state index in [0.29, 0.717) is 28.7 Å². The van der Waals surface area contributed by atoms with E-state index >= 15 is 0 Å². The lowest BCUT2D eigenvalue weighted by atomic mass is 10.0. The lowest BCUT2D eigenvalue weighted by molar-refractivity contribution is 0.284. The van der Waals surface area contributed by atoms with E-state index in [2.05, 4.69) is 22.0 Å². The molecule has 3 rings (SSSR count). The van der Waals surface area contributed by atoms with Gasteiger partial charge in [-0.05, 0) is 47.0 Å². The van der Waals surface area contributed by atoms with E-state index in [1.54, 1.807) is 25.3 Å². The van der Waals surface area contributed by atoms with Crippen molar-refractivity contribution in [1.29, 1.82) is 5.26 Å². The van der Waals surface area contributed by atoms with Gasteiger partial charge < -0.3 is 9.47 Å². The van der Waals surface area contributed by atoms with E-state index < -0.39 is 0 Å². The summed E-state index contributed by atoms with van der Waals surface area (Å²) in [4.78, 5) is 0. The minimum Gasteiger partial charge on any atom is -0.493 e. The lowest BCUT2D eigenvalue weighted by Crippen LogP contribution is -1.98. The van der Waals surface area contributed by atoms with E-state index in [9.17, 15) is 5.26 Å². The fourth-order valence-electron chi connectivity index (χ4n) is 2.66. The lowest BCUT2D eigenvalue weighted by Gasteiger charge is -2.13. The van der Waals surface area contributed by atoms with Gasteiger partial charge in [0.2, 0.25) is 0 Å². The molecular formula is C23H17BrClNO2. The summed E-state index contributed by atoms with van der Waals surface area (Å²) in [5, 5.41) is 10.2. The predicted molar refractivity (Wildman–Crippen MR) is 116 cm³/mol. The molecule has 0 bridgehead atoms. The molecule has 0 aliphatic heterocycles. The third kappa shape index (κ3) is 4.95. The highest BCUT2D eigenvalue weighted by Crippen LogP contribution is 2.36. The van der Waals surface area contributed by atoms with Crippen LogP contribution in [0.4, 0.5) is 0 Å². The number of hydrogen-bond donors (Lipinski definition) is 0. The molecule has 0 atom stereocenters. The van der Waals surface area contributed by atoms with Crippen LogP contribution in [0, 0.1) is 11.3 Å². The Balaban J connectivity index is 1.91. The largest absolute Gasteiger partial charge is 0.493 e. The number of benzene rings is 3. The first kappa shape index (κ1) is 20.0. The van der Waals surface area contributed by atoms with Crippen LogP contribution >= 0.6 is 27.5 Å². The highest BCUT2D eigenvalue weighted by molar-refractivity contribution is 9.10. The molecule has 0 radical (unpaired) electrons. The van der Waals surface area contributed by atoms with Gasteiger partial charge in [-0.2, -0.15) is 5.26 Å². The Morgan fingerprint density at radius 2 is 1.86 bits per heavy atom. The third-order valence-corrected chi connectivity index (χ3v) is 5.00. The Morgan fingerprint density at radius 3 is 2.54 bits per heavy atom. The Kier molecular flexibility index (Phi) is 6.76. The zero-order valence-corrected chi connectivity index (χ0v) is 17.5. The molecule has 0 aromatic heterocycles. The Labute approximate surface area is 177 Å². The maximum atomic E-state index is 9.58. The molecule has 0 amide bonds. The monoisotopic (exact) mass is 453 g/mol. The molecule has 0 heterocycles. The Morgan fingerprint density at radius 1 is 1.07 bits per heavy atom. The highest BCUT2D eigenvalue weighted by Gasteiger charge is 2.11. The van der Waals surface area contributed by atoms with Crippen LogP contribution in [0.5, 0.6) is 11.5 Å². The number of nitriles is 1. The number of ether oxygens (including phenoxy) is 2. The molecule has 3 nitrogen and oxygen atoms in total. The molecule has 0 N–H and O–H groups in total. The van der Waals surface area contributed by atoms with Crippen molar-refractivity contribution in [1.82, 2.24) is 0 Å². The second kappa shape index (κ2) is 9.45. The summed E-state index contributed by atoms with van der Waals surface area (Å²) in [6.07, 6.45) is 1.79. The number of halogens is 2. The van der Waals surface area contributed by atoms with E-state index in [-0.39, 0.29) is 0 Å². The first-order valence-electron chi connectivity index (χ1n) is 8.52. The van der Waals surface area contributed by atoms with Gasteiger partial charge in [-0.3, -0.25) is 0 Å². The van der Waals surface area contributed by atoms with Crippen molar-refractivity contribution in [3.63, 3.8) is 0 Å². The van der Waals surface area contributed by atoms with E-state index in [1.165, 1.54) is 0 Å². The van der Waals surface area contributed by atoms with E-state index in [4.69, 9.17) is 21.1 Å². The summed E-state index contributed by atoms with van der Waals surface area (Å²) in [6, 6.07) is 23.0. The molecule has 0 spiro atoms. The van der Waals surface area contributed by atoms with Crippen molar-refractivity contribution in [3.8, 4) is 17.6 Å². The van der Waals surface area contributed by atoms with Gasteiger partial charge in [0, 0.05) is 9.50 Å². The fraction of sp³-hybridized carbons (Fsp3) is 0.0870. The van der Waals surface area contributed by atoms with Crippen molar-refractivity contribution < 1.29 is 9.47 Å². The second-order valence-corrected chi connectivity index (χ2v) is 7.27. The summed E-state index contributed by atoms with van der Waals surface area (Å²) in [5.41, 5.74) is 3.13. The smallest absolute Gasteiger partial charge is 0.162 e. The second-order valence-electron chi connectivity index (χ2n) is 5.98. The minimum absolute atomic E-state index is 0.435. The summed E-state index contributed by atoms with van der Waals surface area (Å²) < 4.78 is 12.2. The number of rotatable bonds is 6. The van der Waals surface area contributed by atoms with Crippen LogP contribution in [-0.2, 0) is 6.61 Å². The van der Waals surface area contributed by atoms with Gasteiger partial charge in [0.1, 0.15) is 6.61 Å². The topological polar surface area (TPSA) is 42.2 Å². The summed E-state index contributed by atoms with van der Waals surface area (Å²) >= 11 is 9.62. The van der Waals surface area contributed by atoms with Crippen molar-refractivity contribution in [2.45, 2.75) is 6.61 Å². The molecule has 3 aromatic rings. The van der Waals surface area contributed by atoms with Crippen LogP contribution in [-0.4, -0.2) is 7.11 Å². The maximum absolute atomic E-state index is 9.58.